The first-order valence-corrected chi connectivity index (χ1v) is 5.69. The SMILES string of the molecule is O=C(O)[C@@H]1CCN(c2ccccc2Br)C1=O. The molecule has 0 unspecified atom stereocenters. The third kappa shape index (κ3) is 1.82. The van der Waals surface area contributed by atoms with Crippen molar-refractivity contribution < 1.29 is 14.7 Å². The van der Waals surface area contributed by atoms with Crippen molar-refractivity contribution in [2.75, 3.05) is 11.4 Å². The minimum Gasteiger partial charge on any atom is -0.481 e. The average molecular weight is 284 g/mol. The summed E-state index contributed by atoms with van der Waals surface area (Å²) in [6.07, 6.45) is 0.371. The van der Waals surface area contributed by atoms with E-state index in [2.05, 4.69) is 15.9 Å². The van der Waals surface area contributed by atoms with Crippen molar-refractivity contribution in [1.82, 2.24) is 0 Å². The predicted octanol–water partition coefficient (Wildman–Crippen LogP) is 1.89. The fourth-order valence-electron chi connectivity index (χ4n) is 1.82. The molecule has 0 aromatic heterocycles. The Labute approximate surface area is 101 Å². The molecule has 0 bridgehead atoms. The van der Waals surface area contributed by atoms with E-state index in [0.717, 1.165) is 10.2 Å². The molecule has 1 heterocycles. The number of hydrogen-bond acceptors (Lipinski definition) is 2. The lowest BCUT2D eigenvalue weighted by Gasteiger charge is -2.17. The van der Waals surface area contributed by atoms with Crippen LogP contribution in [0.2, 0.25) is 0 Å². The highest BCUT2D eigenvalue weighted by atomic mass is 79.9. The molecule has 1 aliphatic rings. The van der Waals surface area contributed by atoms with Crippen molar-refractivity contribution >= 4 is 33.5 Å². The number of anilines is 1. The van der Waals surface area contributed by atoms with Crippen LogP contribution in [0.3, 0.4) is 0 Å². The minimum atomic E-state index is -1.04. The fourth-order valence-corrected chi connectivity index (χ4v) is 2.32. The summed E-state index contributed by atoms with van der Waals surface area (Å²) in [6, 6.07) is 7.30. The van der Waals surface area contributed by atoms with E-state index in [1.165, 1.54) is 4.90 Å². The van der Waals surface area contributed by atoms with E-state index < -0.39 is 11.9 Å². The second kappa shape index (κ2) is 4.25. The zero-order valence-electron chi connectivity index (χ0n) is 8.39. The first-order chi connectivity index (χ1) is 7.61. The molecule has 1 saturated heterocycles. The van der Waals surface area contributed by atoms with Crippen molar-refractivity contribution in [3.05, 3.63) is 28.7 Å². The molecule has 1 fully saturated rings. The van der Waals surface area contributed by atoms with E-state index >= 15 is 0 Å². The predicted molar refractivity (Wildman–Crippen MR) is 62.2 cm³/mol. The summed E-state index contributed by atoms with van der Waals surface area (Å²) < 4.78 is 0.800. The molecule has 1 N–H and O–H groups in total. The van der Waals surface area contributed by atoms with Crippen molar-refractivity contribution in [3.8, 4) is 0 Å². The summed E-state index contributed by atoms with van der Waals surface area (Å²) in [7, 11) is 0. The number of carboxylic acids is 1. The topological polar surface area (TPSA) is 57.6 Å². The molecule has 1 aromatic rings. The molecule has 0 saturated carbocycles. The summed E-state index contributed by atoms with van der Waals surface area (Å²) >= 11 is 3.35. The number of carbonyl (C=O) groups excluding carboxylic acids is 1. The van der Waals surface area contributed by atoms with Gasteiger partial charge in [-0.05, 0) is 34.5 Å². The van der Waals surface area contributed by atoms with Gasteiger partial charge in [0.1, 0.15) is 5.92 Å². The highest BCUT2D eigenvalue weighted by molar-refractivity contribution is 9.10. The molecule has 1 atom stereocenters. The Morgan fingerprint density at radius 3 is 2.69 bits per heavy atom. The lowest BCUT2D eigenvalue weighted by atomic mass is 10.1. The smallest absolute Gasteiger partial charge is 0.316 e. The van der Waals surface area contributed by atoms with Gasteiger partial charge in [-0.2, -0.15) is 0 Å². The summed E-state index contributed by atoms with van der Waals surface area (Å²) in [5.41, 5.74) is 0.733. The van der Waals surface area contributed by atoms with Crippen molar-refractivity contribution in [1.29, 1.82) is 0 Å². The normalized spacial score (nSPS) is 20.2. The highest BCUT2D eigenvalue weighted by Gasteiger charge is 2.37. The Morgan fingerprint density at radius 2 is 2.12 bits per heavy atom. The van der Waals surface area contributed by atoms with Crippen LogP contribution in [0.1, 0.15) is 6.42 Å². The summed E-state index contributed by atoms with van der Waals surface area (Å²) in [6.45, 7) is 0.457. The third-order valence-electron chi connectivity index (χ3n) is 2.65. The van der Waals surface area contributed by atoms with Gasteiger partial charge in [-0.25, -0.2) is 0 Å². The van der Waals surface area contributed by atoms with Crippen LogP contribution in [-0.2, 0) is 9.59 Å². The molecule has 0 spiro atoms. The van der Waals surface area contributed by atoms with Crippen LogP contribution in [-0.4, -0.2) is 23.5 Å². The van der Waals surface area contributed by atoms with Gasteiger partial charge >= 0.3 is 5.97 Å². The summed E-state index contributed by atoms with van der Waals surface area (Å²) in [5, 5.41) is 8.86. The maximum Gasteiger partial charge on any atom is 0.316 e. The van der Waals surface area contributed by atoms with Crippen LogP contribution >= 0.6 is 15.9 Å². The number of benzene rings is 1. The maximum atomic E-state index is 11.8. The molecular weight excluding hydrogens is 274 g/mol. The molecule has 0 radical (unpaired) electrons. The number of aliphatic carboxylic acids is 1. The zero-order chi connectivity index (χ0) is 11.7. The van der Waals surface area contributed by atoms with Gasteiger partial charge in [-0.1, -0.05) is 12.1 Å². The van der Waals surface area contributed by atoms with Gasteiger partial charge in [0.15, 0.2) is 0 Å². The Kier molecular flexibility index (Phi) is 2.96. The molecule has 0 aliphatic carbocycles. The Balaban J connectivity index is 2.29. The Bertz CT molecular complexity index is 447. The number of carbonyl (C=O) groups is 2. The number of hydrogen-bond donors (Lipinski definition) is 1. The number of para-hydroxylation sites is 1. The van der Waals surface area contributed by atoms with Crippen LogP contribution in [0.5, 0.6) is 0 Å². The van der Waals surface area contributed by atoms with E-state index in [4.69, 9.17) is 5.11 Å². The van der Waals surface area contributed by atoms with Gasteiger partial charge in [0.2, 0.25) is 5.91 Å². The molecule has 1 amide bonds. The fraction of sp³-hybridized carbons (Fsp3) is 0.273. The first kappa shape index (κ1) is 11.1. The quantitative estimate of drug-likeness (QED) is 0.844. The molecule has 1 aliphatic heterocycles. The van der Waals surface area contributed by atoms with E-state index in [1.54, 1.807) is 6.07 Å². The van der Waals surface area contributed by atoms with E-state index in [1.807, 2.05) is 18.2 Å². The van der Waals surface area contributed by atoms with Crippen LogP contribution in [0.4, 0.5) is 5.69 Å². The highest BCUT2D eigenvalue weighted by Crippen LogP contribution is 2.31. The Hall–Kier alpha value is -1.36. The number of rotatable bonds is 2. The summed E-state index contributed by atoms with van der Waals surface area (Å²) in [5.74, 6) is -2.27. The lowest BCUT2D eigenvalue weighted by Crippen LogP contribution is -2.30. The number of halogens is 1. The largest absolute Gasteiger partial charge is 0.481 e. The van der Waals surface area contributed by atoms with Crippen molar-refractivity contribution in [2.24, 2.45) is 5.92 Å². The molecule has 2 rings (SSSR count). The van der Waals surface area contributed by atoms with Gasteiger partial charge in [0.25, 0.3) is 0 Å². The van der Waals surface area contributed by atoms with Gasteiger partial charge in [0, 0.05) is 11.0 Å². The first-order valence-electron chi connectivity index (χ1n) is 4.90. The molecule has 5 heteroatoms. The van der Waals surface area contributed by atoms with Crippen LogP contribution < -0.4 is 4.90 Å². The molecule has 16 heavy (non-hydrogen) atoms. The van der Waals surface area contributed by atoms with Crippen molar-refractivity contribution in [3.63, 3.8) is 0 Å². The minimum absolute atomic E-state index is 0.334. The van der Waals surface area contributed by atoms with Gasteiger partial charge < -0.3 is 10.0 Å². The van der Waals surface area contributed by atoms with Crippen LogP contribution in [0, 0.1) is 5.92 Å². The van der Waals surface area contributed by atoms with Crippen LogP contribution in [0.15, 0.2) is 28.7 Å². The molecule has 1 aromatic carbocycles. The second-order valence-corrected chi connectivity index (χ2v) is 4.48. The summed E-state index contributed by atoms with van der Waals surface area (Å²) in [4.78, 5) is 24.2. The van der Waals surface area contributed by atoms with E-state index in [-0.39, 0.29) is 5.91 Å². The third-order valence-corrected chi connectivity index (χ3v) is 3.32. The number of nitrogens with zero attached hydrogens (tertiary/aromatic N) is 1. The van der Waals surface area contributed by atoms with Gasteiger partial charge in [-0.15, -0.1) is 0 Å². The maximum absolute atomic E-state index is 11.8. The molecular formula is C11H10BrNO3. The molecule has 4 nitrogen and oxygen atoms in total. The number of amides is 1. The van der Waals surface area contributed by atoms with Crippen molar-refractivity contribution in [2.45, 2.75) is 6.42 Å². The number of carboxylic acid groups (broad SMARTS) is 1. The van der Waals surface area contributed by atoms with Gasteiger partial charge in [-0.3, -0.25) is 9.59 Å². The standard InChI is InChI=1S/C11H10BrNO3/c12-8-3-1-2-4-9(8)13-6-5-7(10(13)14)11(15)16/h1-4,7H,5-6H2,(H,15,16)/t7-/m1/s1. The van der Waals surface area contributed by atoms with E-state index in [9.17, 15) is 9.59 Å². The van der Waals surface area contributed by atoms with E-state index in [0.29, 0.717) is 13.0 Å². The Morgan fingerprint density at radius 1 is 1.44 bits per heavy atom. The second-order valence-electron chi connectivity index (χ2n) is 3.62. The average Bonchev–Trinajstić information content (AvgIpc) is 2.61. The van der Waals surface area contributed by atoms with Crippen LogP contribution in [0.25, 0.3) is 0 Å². The monoisotopic (exact) mass is 283 g/mol. The van der Waals surface area contributed by atoms with Gasteiger partial charge in [0.05, 0.1) is 5.69 Å². The molecule has 84 valence electrons. The lowest BCUT2D eigenvalue weighted by molar-refractivity contribution is -0.144. The zero-order valence-corrected chi connectivity index (χ0v) is 9.98.